The van der Waals surface area contributed by atoms with Gasteiger partial charge in [-0.05, 0) is 43.2 Å². The molecule has 0 bridgehead atoms. The van der Waals surface area contributed by atoms with E-state index in [1.807, 2.05) is 29.2 Å². The smallest absolute Gasteiger partial charge is 0.223 e. The summed E-state index contributed by atoms with van der Waals surface area (Å²) in [5, 5.41) is 0. The fourth-order valence-electron chi connectivity index (χ4n) is 3.18. The van der Waals surface area contributed by atoms with Crippen LogP contribution in [0, 0.1) is 6.92 Å². The molecule has 1 aliphatic rings. The molecule has 0 atom stereocenters. The highest BCUT2D eigenvalue weighted by Gasteiger charge is 2.20. The van der Waals surface area contributed by atoms with Crippen molar-refractivity contribution in [3.8, 4) is 0 Å². The van der Waals surface area contributed by atoms with Gasteiger partial charge in [0.15, 0.2) is 0 Å². The zero-order chi connectivity index (χ0) is 16.9. The van der Waals surface area contributed by atoms with Crippen LogP contribution < -0.4 is 10.6 Å². The van der Waals surface area contributed by atoms with Crippen LogP contribution in [0.5, 0.6) is 0 Å². The average molecular weight is 323 g/mol. The van der Waals surface area contributed by atoms with Crippen molar-refractivity contribution >= 4 is 17.3 Å². The highest BCUT2D eigenvalue weighted by molar-refractivity contribution is 5.76. The Kier molecular flexibility index (Phi) is 5.04. The fraction of sp³-hybridized carbons (Fsp3) is 0.350. The molecule has 0 unspecified atom stereocenters. The molecule has 3 rings (SSSR count). The third kappa shape index (κ3) is 4.07. The summed E-state index contributed by atoms with van der Waals surface area (Å²) in [7, 11) is 0. The average Bonchev–Trinajstić information content (AvgIpc) is 2.61. The molecule has 1 heterocycles. The molecule has 0 aromatic heterocycles. The van der Waals surface area contributed by atoms with Crippen molar-refractivity contribution in [1.82, 2.24) is 4.90 Å². The van der Waals surface area contributed by atoms with Crippen LogP contribution in [0.15, 0.2) is 48.5 Å². The standard InChI is InChI=1S/C20H25N3O/c1-16-3-2-4-17(15-16)5-10-20(24)23-13-11-22(12-14-23)19-8-6-18(21)7-9-19/h2-4,6-9,15H,5,10-14,21H2,1H3. The molecule has 2 N–H and O–H groups in total. The molecule has 2 aromatic carbocycles. The molecule has 4 heteroatoms. The summed E-state index contributed by atoms with van der Waals surface area (Å²) in [6.07, 6.45) is 1.41. The Morgan fingerprint density at radius 1 is 1.04 bits per heavy atom. The van der Waals surface area contributed by atoms with Crippen LogP contribution in [0.1, 0.15) is 17.5 Å². The third-order valence-corrected chi connectivity index (χ3v) is 4.60. The number of anilines is 2. The van der Waals surface area contributed by atoms with E-state index in [-0.39, 0.29) is 5.91 Å². The highest BCUT2D eigenvalue weighted by atomic mass is 16.2. The Morgan fingerprint density at radius 3 is 2.42 bits per heavy atom. The topological polar surface area (TPSA) is 49.6 Å². The van der Waals surface area contributed by atoms with Gasteiger partial charge in [-0.3, -0.25) is 4.79 Å². The molecule has 126 valence electrons. The first-order valence-electron chi connectivity index (χ1n) is 8.55. The first-order chi connectivity index (χ1) is 11.6. The van der Waals surface area contributed by atoms with Crippen molar-refractivity contribution in [2.24, 2.45) is 0 Å². The number of nitrogen functional groups attached to an aromatic ring is 1. The number of rotatable bonds is 4. The van der Waals surface area contributed by atoms with Gasteiger partial charge in [0, 0.05) is 44.0 Å². The number of hydrogen-bond donors (Lipinski definition) is 1. The van der Waals surface area contributed by atoms with Crippen LogP contribution in [0.25, 0.3) is 0 Å². The van der Waals surface area contributed by atoms with Gasteiger partial charge in [0.25, 0.3) is 0 Å². The molecule has 24 heavy (non-hydrogen) atoms. The van der Waals surface area contributed by atoms with E-state index in [0.29, 0.717) is 6.42 Å². The van der Waals surface area contributed by atoms with Crippen LogP contribution in [0.2, 0.25) is 0 Å². The van der Waals surface area contributed by atoms with Crippen LogP contribution in [-0.2, 0) is 11.2 Å². The van der Waals surface area contributed by atoms with Crippen molar-refractivity contribution in [2.75, 3.05) is 36.8 Å². The minimum Gasteiger partial charge on any atom is -0.399 e. The van der Waals surface area contributed by atoms with E-state index in [1.54, 1.807) is 0 Å². The predicted molar refractivity (Wildman–Crippen MR) is 99.1 cm³/mol. The number of benzene rings is 2. The summed E-state index contributed by atoms with van der Waals surface area (Å²) in [4.78, 5) is 16.7. The molecule has 0 spiro atoms. The molecular weight excluding hydrogens is 298 g/mol. The second kappa shape index (κ2) is 7.39. The Hall–Kier alpha value is -2.49. The van der Waals surface area contributed by atoms with Gasteiger partial charge in [-0.15, -0.1) is 0 Å². The van der Waals surface area contributed by atoms with Crippen molar-refractivity contribution in [3.05, 3.63) is 59.7 Å². The summed E-state index contributed by atoms with van der Waals surface area (Å²) in [5.41, 5.74) is 10.2. The van der Waals surface area contributed by atoms with Gasteiger partial charge < -0.3 is 15.5 Å². The Morgan fingerprint density at radius 2 is 1.75 bits per heavy atom. The monoisotopic (exact) mass is 323 g/mol. The van der Waals surface area contributed by atoms with Crippen LogP contribution in [-0.4, -0.2) is 37.0 Å². The number of amides is 1. The largest absolute Gasteiger partial charge is 0.399 e. The second-order valence-corrected chi connectivity index (χ2v) is 6.45. The SMILES string of the molecule is Cc1cccc(CCC(=O)N2CCN(c3ccc(N)cc3)CC2)c1. The number of nitrogens with two attached hydrogens (primary N) is 1. The van der Waals surface area contributed by atoms with E-state index >= 15 is 0 Å². The zero-order valence-electron chi connectivity index (χ0n) is 14.2. The van der Waals surface area contributed by atoms with Gasteiger partial charge in [-0.2, -0.15) is 0 Å². The number of hydrogen-bond acceptors (Lipinski definition) is 3. The van der Waals surface area contributed by atoms with Gasteiger partial charge in [0.05, 0.1) is 0 Å². The second-order valence-electron chi connectivity index (χ2n) is 6.45. The van der Waals surface area contributed by atoms with Crippen molar-refractivity contribution in [1.29, 1.82) is 0 Å². The molecule has 1 saturated heterocycles. The molecule has 0 aliphatic carbocycles. The van der Waals surface area contributed by atoms with E-state index in [1.165, 1.54) is 16.8 Å². The fourth-order valence-corrected chi connectivity index (χ4v) is 3.18. The zero-order valence-corrected chi connectivity index (χ0v) is 14.2. The van der Waals surface area contributed by atoms with Gasteiger partial charge in [-0.1, -0.05) is 29.8 Å². The lowest BCUT2D eigenvalue weighted by molar-refractivity contribution is -0.131. The minimum absolute atomic E-state index is 0.258. The predicted octanol–water partition coefficient (Wildman–Crippen LogP) is 2.86. The van der Waals surface area contributed by atoms with Gasteiger partial charge >= 0.3 is 0 Å². The van der Waals surface area contributed by atoms with Crippen LogP contribution in [0.4, 0.5) is 11.4 Å². The summed E-state index contributed by atoms with van der Waals surface area (Å²) in [6.45, 7) is 5.41. The summed E-state index contributed by atoms with van der Waals surface area (Å²) in [5.74, 6) is 0.258. The van der Waals surface area contributed by atoms with Crippen LogP contribution in [0.3, 0.4) is 0 Å². The van der Waals surface area contributed by atoms with E-state index in [0.717, 1.165) is 38.3 Å². The molecule has 2 aromatic rings. The Labute approximate surface area is 143 Å². The Balaban J connectivity index is 1.49. The van der Waals surface area contributed by atoms with Gasteiger partial charge in [0.1, 0.15) is 0 Å². The van der Waals surface area contributed by atoms with E-state index < -0.39 is 0 Å². The van der Waals surface area contributed by atoms with Gasteiger partial charge in [0.2, 0.25) is 5.91 Å². The number of nitrogens with zero attached hydrogens (tertiary/aromatic N) is 2. The summed E-state index contributed by atoms with van der Waals surface area (Å²) < 4.78 is 0. The van der Waals surface area contributed by atoms with Crippen LogP contribution >= 0.6 is 0 Å². The highest BCUT2D eigenvalue weighted by Crippen LogP contribution is 2.18. The third-order valence-electron chi connectivity index (χ3n) is 4.60. The van der Waals surface area contributed by atoms with Crippen molar-refractivity contribution in [3.63, 3.8) is 0 Å². The van der Waals surface area contributed by atoms with Crippen molar-refractivity contribution in [2.45, 2.75) is 19.8 Å². The molecular formula is C20H25N3O. The van der Waals surface area contributed by atoms with E-state index in [2.05, 4.69) is 36.1 Å². The number of aryl methyl sites for hydroxylation is 2. The van der Waals surface area contributed by atoms with Gasteiger partial charge in [-0.25, -0.2) is 0 Å². The van der Waals surface area contributed by atoms with Crippen molar-refractivity contribution < 1.29 is 4.79 Å². The normalized spacial score (nSPS) is 14.7. The summed E-state index contributed by atoms with van der Waals surface area (Å²) >= 11 is 0. The number of piperazine rings is 1. The quantitative estimate of drug-likeness (QED) is 0.880. The maximum Gasteiger partial charge on any atom is 0.223 e. The Bertz CT molecular complexity index is 688. The molecule has 0 radical (unpaired) electrons. The maximum atomic E-state index is 12.4. The minimum atomic E-state index is 0.258. The molecule has 1 fully saturated rings. The molecule has 0 saturated carbocycles. The molecule has 1 amide bonds. The number of carbonyl (C=O) groups excluding carboxylic acids is 1. The first kappa shape index (κ1) is 16.4. The lowest BCUT2D eigenvalue weighted by Crippen LogP contribution is -2.48. The number of carbonyl (C=O) groups is 1. The maximum absolute atomic E-state index is 12.4. The molecule has 4 nitrogen and oxygen atoms in total. The lowest BCUT2D eigenvalue weighted by atomic mass is 10.1. The first-order valence-corrected chi connectivity index (χ1v) is 8.55. The molecule has 1 aliphatic heterocycles. The van der Waals surface area contributed by atoms with E-state index in [4.69, 9.17) is 5.73 Å². The lowest BCUT2D eigenvalue weighted by Gasteiger charge is -2.36. The van der Waals surface area contributed by atoms with E-state index in [9.17, 15) is 4.79 Å². The summed E-state index contributed by atoms with van der Waals surface area (Å²) in [6, 6.07) is 16.3.